The van der Waals surface area contributed by atoms with Gasteiger partial charge in [-0.1, -0.05) is 20.3 Å². The van der Waals surface area contributed by atoms with Gasteiger partial charge in [-0.3, -0.25) is 4.79 Å². The van der Waals surface area contributed by atoms with E-state index in [1.165, 1.54) is 19.2 Å². The van der Waals surface area contributed by atoms with Gasteiger partial charge in [-0.25, -0.2) is 4.79 Å². The van der Waals surface area contributed by atoms with Gasteiger partial charge in [0.2, 0.25) is 5.88 Å². The van der Waals surface area contributed by atoms with E-state index in [4.69, 9.17) is 9.84 Å². The zero-order chi connectivity index (χ0) is 14.4. The molecule has 2 N–H and O–H groups in total. The third-order valence-corrected chi connectivity index (χ3v) is 2.85. The summed E-state index contributed by atoms with van der Waals surface area (Å²) in [6.07, 6.45) is 0.644. The van der Waals surface area contributed by atoms with E-state index in [9.17, 15) is 9.59 Å². The van der Waals surface area contributed by atoms with E-state index < -0.39 is 17.9 Å². The molecule has 19 heavy (non-hydrogen) atoms. The predicted octanol–water partition coefficient (Wildman–Crippen LogP) is 0.714. The van der Waals surface area contributed by atoms with Gasteiger partial charge in [-0.15, -0.1) is 10.2 Å². The van der Waals surface area contributed by atoms with Crippen molar-refractivity contribution in [3.8, 4) is 5.88 Å². The van der Waals surface area contributed by atoms with Gasteiger partial charge in [0.1, 0.15) is 6.04 Å². The van der Waals surface area contributed by atoms with Crippen LogP contribution in [0.1, 0.15) is 30.8 Å². The van der Waals surface area contributed by atoms with Crippen LogP contribution in [0.25, 0.3) is 0 Å². The van der Waals surface area contributed by atoms with E-state index in [2.05, 4.69) is 15.5 Å². The Bertz CT molecular complexity index is 447. The molecule has 0 aromatic carbocycles. The van der Waals surface area contributed by atoms with Crippen LogP contribution in [-0.4, -0.2) is 40.3 Å². The molecule has 1 rings (SSSR count). The Labute approximate surface area is 111 Å². The highest BCUT2D eigenvalue weighted by atomic mass is 16.5. The number of carboxylic acid groups (broad SMARTS) is 1. The minimum atomic E-state index is -1.07. The minimum absolute atomic E-state index is 0.0513. The smallest absolute Gasteiger partial charge is 0.326 e. The van der Waals surface area contributed by atoms with Crippen LogP contribution in [0, 0.1) is 5.92 Å². The van der Waals surface area contributed by atoms with Crippen molar-refractivity contribution in [3.05, 3.63) is 17.8 Å². The summed E-state index contributed by atoms with van der Waals surface area (Å²) < 4.78 is 4.82. The van der Waals surface area contributed by atoms with E-state index in [0.29, 0.717) is 6.42 Å². The summed E-state index contributed by atoms with van der Waals surface area (Å²) in [6.45, 7) is 3.62. The second-order valence-corrected chi connectivity index (χ2v) is 4.14. The fraction of sp³-hybridized carbons (Fsp3) is 0.500. The molecule has 1 amide bonds. The molecule has 1 aromatic rings. The maximum absolute atomic E-state index is 11.9. The van der Waals surface area contributed by atoms with Gasteiger partial charge in [0.05, 0.1) is 7.11 Å². The molecule has 1 heterocycles. The number of methoxy groups -OCH3 is 1. The summed E-state index contributed by atoms with van der Waals surface area (Å²) in [5, 5.41) is 18.8. The number of rotatable bonds is 6. The molecule has 0 saturated carbocycles. The number of ether oxygens (including phenoxy) is 1. The van der Waals surface area contributed by atoms with Gasteiger partial charge in [0, 0.05) is 6.07 Å². The molecule has 104 valence electrons. The summed E-state index contributed by atoms with van der Waals surface area (Å²) in [5.74, 6) is -1.52. The van der Waals surface area contributed by atoms with Crippen LogP contribution in [0.2, 0.25) is 0 Å². The normalized spacial score (nSPS) is 13.4. The average molecular weight is 267 g/mol. The van der Waals surface area contributed by atoms with Crippen LogP contribution in [0.5, 0.6) is 5.88 Å². The van der Waals surface area contributed by atoms with Crippen LogP contribution in [0.4, 0.5) is 0 Å². The van der Waals surface area contributed by atoms with E-state index in [1.807, 2.05) is 6.92 Å². The van der Waals surface area contributed by atoms with Crippen molar-refractivity contribution in [2.45, 2.75) is 26.3 Å². The predicted molar refractivity (Wildman–Crippen MR) is 66.9 cm³/mol. The third kappa shape index (κ3) is 3.90. The SMILES string of the molecule is CCC(C)C(NC(=O)c1ccc(OC)nn1)C(=O)O. The van der Waals surface area contributed by atoms with Crippen molar-refractivity contribution in [2.24, 2.45) is 5.92 Å². The number of carbonyl (C=O) groups is 2. The minimum Gasteiger partial charge on any atom is -0.480 e. The lowest BCUT2D eigenvalue weighted by Gasteiger charge is -2.19. The summed E-state index contributed by atoms with van der Waals surface area (Å²) in [4.78, 5) is 23.0. The Hall–Kier alpha value is -2.18. The molecule has 0 radical (unpaired) electrons. The summed E-state index contributed by atoms with van der Waals surface area (Å²) >= 11 is 0. The number of nitrogens with zero attached hydrogens (tertiary/aromatic N) is 2. The summed E-state index contributed by atoms with van der Waals surface area (Å²) in [6, 6.07) is 1.97. The quantitative estimate of drug-likeness (QED) is 0.787. The zero-order valence-electron chi connectivity index (χ0n) is 11.1. The molecule has 0 aliphatic rings. The molecule has 7 heteroatoms. The maximum Gasteiger partial charge on any atom is 0.326 e. The van der Waals surface area contributed by atoms with Crippen LogP contribution >= 0.6 is 0 Å². The van der Waals surface area contributed by atoms with Crippen molar-refractivity contribution < 1.29 is 19.4 Å². The second kappa shape index (κ2) is 6.67. The molecule has 0 saturated heterocycles. The Morgan fingerprint density at radius 2 is 2.11 bits per heavy atom. The second-order valence-electron chi connectivity index (χ2n) is 4.14. The van der Waals surface area contributed by atoms with Gasteiger partial charge >= 0.3 is 5.97 Å². The summed E-state index contributed by atoms with van der Waals surface area (Å²) in [7, 11) is 1.44. The van der Waals surface area contributed by atoms with Crippen LogP contribution < -0.4 is 10.1 Å². The van der Waals surface area contributed by atoms with Crippen molar-refractivity contribution in [1.29, 1.82) is 0 Å². The standard InChI is InChI=1S/C12H17N3O4/c1-4-7(2)10(12(17)18)13-11(16)8-5-6-9(19-3)15-14-8/h5-7,10H,4H2,1-3H3,(H,13,16)(H,17,18). The van der Waals surface area contributed by atoms with Gasteiger partial charge in [0.15, 0.2) is 5.69 Å². The largest absolute Gasteiger partial charge is 0.480 e. The first kappa shape index (κ1) is 14.9. The first-order valence-corrected chi connectivity index (χ1v) is 5.91. The molecular formula is C12H17N3O4. The highest BCUT2D eigenvalue weighted by Gasteiger charge is 2.26. The van der Waals surface area contributed by atoms with Gasteiger partial charge in [-0.2, -0.15) is 0 Å². The Balaban J connectivity index is 2.78. The molecule has 0 aliphatic heterocycles. The Morgan fingerprint density at radius 3 is 2.53 bits per heavy atom. The number of hydrogen-bond donors (Lipinski definition) is 2. The molecular weight excluding hydrogens is 250 g/mol. The Kier molecular flexibility index (Phi) is 5.23. The van der Waals surface area contributed by atoms with E-state index in [-0.39, 0.29) is 17.5 Å². The maximum atomic E-state index is 11.9. The Morgan fingerprint density at radius 1 is 1.42 bits per heavy atom. The van der Waals surface area contributed by atoms with Crippen LogP contribution in [0.15, 0.2) is 12.1 Å². The summed E-state index contributed by atoms with van der Waals surface area (Å²) in [5.41, 5.74) is 0.0513. The lowest BCUT2D eigenvalue weighted by molar-refractivity contribution is -0.140. The first-order chi connectivity index (χ1) is 8.99. The lowest BCUT2D eigenvalue weighted by Crippen LogP contribution is -2.45. The molecule has 0 bridgehead atoms. The topological polar surface area (TPSA) is 101 Å². The van der Waals surface area contributed by atoms with Crippen LogP contribution in [-0.2, 0) is 4.79 Å². The molecule has 1 aromatic heterocycles. The third-order valence-electron chi connectivity index (χ3n) is 2.85. The van der Waals surface area contributed by atoms with Crippen molar-refractivity contribution in [1.82, 2.24) is 15.5 Å². The number of amides is 1. The highest BCUT2D eigenvalue weighted by Crippen LogP contribution is 2.09. The molecule has 7 nitrogen and oxygen atoms in total. The average Bonchev–Trinajstić information content (AvgIpc) is 2.43. The molecule has 2 unspecified atom stereocenters. The van der Waals surface area contributed by atoms with Gasteiger partial charge in [0.25, 0.3) is 5.91 Å². The molecule has 0 spiro atoms. The number of hydrogen-bond acceptors (Lipinski definition) is 5. The van der Waals surface area contributed by atoms with E-state index >= 15 is 0 Å². The number of aromatic nitrogens is 2. The molecule has 0 fully saturated rings. The van der Waals surface area contributed by atoms with Crippen molar-refractivity contribution >= 4 is 11.9 Å². The van der Waals surface area contributed by atoms with E-state index in [0.717, 1.165) is 0 Å². The highest BCUT2D eigenvalue weighted by molar-refractivity contribution is 5.94. The van der Waals surface area contributed by atoms with Gasteiger partial charge in [-0.05, 0) is 12.0 Å². The monoisotopic (exact) mass is 267 g/mol. The number of aliphatic carboxylic acids is 1. The van der Waals surface area contributed by atoms with Crippen molar-refractivity contribution in [3.63, 3.8) is 0 Å². The lowest BCUT2D eigenvalue weighted by atomic mass is 9.99. The van der Waals surface area contributed by atoms with Gasteiger partial charge < -0.3 is 15.2 Å². The molecule has 2 atom stereocenters. The first-order valence-electron chi connectivity index (χ1n) is 5.91. The fourth-order valence-corrected chi connectivity index (χ4v) is 1.45. The number of carboxylic acids is 1. The van der Waals surface area contributed by atoms with E-state index in [1.54, 1.807) is 6.92 Å². The van der Waals surface area contributed by atoms with Crippen LogP contribution in [0.3, 0.4) is 0 Å². The number of carbonyl (C=O) groups excluding carboxylic acids is 1. The zero-order valence-corrected chi connectivity index (χ0v) is 11.1. The molecule has 0 aliphatic carbocycles. The fourth-order valence-electron chi connectivity index (χ4n) is 1.45. The van der Waals surface area contributed by atoms with Crippen molar-refractivity contribution in [2.75, 3.05) is 7.11 Å². The number of nitrogens with one attached hydrogen (secondary N) is 1.